The minimum atomic E-state index is -0.915. The van der Waals surface area contributed by atoms with Crippen LogP contribution in [0.15, 0.2) is 36.4 Å². The molecule has 3 aromatic rings. The zero-order valence-corrected chi connectivity index (χ0v) is 16.2. The van der Waals surface area contributed by atoms with Gasteiger partial charge in [-0.05, 0) is 42.5 Å². The lowest BCUT2D eigenvalue weighted by atomic mass is 9.98. The van der Waals surface area contributed by atoms with Gasteiger partial charge in [0.1, 0.15) is 22.2 Å². The monoisotopic (exact) mass is 415 g/mol. The van der Waals surface area contributed by atoms with Crippen molar-refractivity contribution in [1.82, 2.24) is 4.98 Å². The summed E-state index contributed by atoms with van der Waals surface area (Å²) in [5.74, 6) is -2.69. The number of nitrogens with two attached hydrogens (primary N) is 1. The first-order chi connectivity index (χ1) is 13.5. The van der Waals surface area contributed by atoms with Crippen LogP contribution in [0.3, 0.4) is 0 Å². The fraction of sp³-hybridized carbons (Fsp3) is 0.150. The molecule has 0 unspecified atom stereocenters. The summed E-state index contributed by atoms with van der Waals surface area (Å²) in [7, 11) is 0. The van der Waals surface area contributed by atoms with E-state index >= 15 is 0 Å². The molecule has 0 bridgehead atoms. The number of thiazole rings is 1. The Morgan fingerprint density at radius 2 is 1.86 bits per heavy atom. The Kier molecular flexibility index (Phi) is 4.91. The van der Waals surface area contributed by atoms with Crippen molar-refractivity contribution < 1.29 is 13.6 Å². The Morgan fingerprint density at radius 1 is 1.14 bits per heavy atom. The van der Waals surface area contributed by atoms with Gasteiger partial charge in [-0.1, -0.05) is 47.8 Å². The smallest absolute Gasteiger partial charge is 0.263 e. The lowest BCUT2D eigenvalue weighted by Crippen LogP contribution is -2.15. The van der Waals surface area contributed by atoms with Crippen LogP contribution in [-0.4, -0.2) is 15.9 Å². The fourth-order valence-corrected chi connectivity index (χ4v) is 4.64. The van der Waals surface area contributed by atoms with Crippen molar-refractivity contribution in [3.8, 4) is 10.4 Å². The molecule has 0 atom stereocenters. The third kappa shape index (κ3) is 3.29. The largest absolute Gasteiger partial charge is 0.389 e. The highest BCUT2D eigenvalue weighted by Crippen LogP contribution is 2.40. The Balaban J connectivity index is 1.72. The first kappa shape index (κ1) is 18.6. The van der Waals surface area contributed by atoms with E-state index in [-0.39, 0.29) is 0 Å². The minimum absolute atomic E-state index is 0.297. The molecule has 1 aliphatic carbocycles. The number of nitrogens with one attached hydrogen (secondary N) is 1. The van der Waals surface area contributed by atoms with Crippen LogP contribution >= 0.6 is 23.6 Å². The van der Waals surface area contributed by atoms with E-state index in [4.69, 9.17) is 18.0 Å². The highest BCUT2D eigenvalue weighted by atomic mass is 32.1. The van der Waals surface area contributed by atoms with Gasteiger partial charge in [0, 0.05) is 5.56 Å². The number of fused-ring (bicyclic) bond motifs is 3. The summed E-state index contributed by atoms with van der Waals surface area (Å²) in [6, 6.07) is 9.06. The number of benzene rings is 2. The molecule has 0 spiro atoms. The predicted octanol–water partition coefficient (Wildman–Crippen LogP) is 4.46. The molecule has 0 aliphatic heterocycles. The standard InChI is InChI=1S/C20H15F2N3OS2/c21-13-7-3-8-14(22)16(13)19(26)25-20-24-15-9-2-4-10-11(17(15)28-20)5-1-6-12(10)18(23)27/h1,3,5-8H,2,4,9H2,(H2,23,27)(H,24,25,26). The normalized spacial score (nSPS) is 12.6. The molecule has 8 heteroatoms. The second-order valence-corrected chi connectivity index (χ2v) is 7.83. The summed E-state index contributed by atoms with van der Waals surface area (Å²) in [6.45, 7) is 0. The van der Waals surface area contributed by atoms with Crippen LogP contribution in [0, 0.1) is 11.6 Å². The molecule has 0 fully saturated rings. The maximum Gasteiger partial charge on any atom is 0.263 e. The van der Waals surface area contributed by atoms with E-state index in [0.717, 1.165) is 58.7 Å². The zero-order chi connectivity index (χ0) is 19.8. The number of carbonyl (C=O) groups is 1. The fourth-order valence-electron chi connectivity index (χ4n) is 3.39. The number of carbonyl (C=O) groups excluding carboxylic acids is 1. The molecular weight excluding hydrogens is 400 g/mol. The molecule has 1 amide bonds. The first-order valence-electron chi connectivity index (χ1n) is 8.63. The summed E-state index contributed by atoms with van der Waals surface area (Å²) in [6.07, 6.45) is 2.41. The maximum atomic E-state index is 13.9. The number of anilines is 1. The lowest BCUT2D eigenvalue weighted by molar-refractivity contribution is 0.101. The molecule has 4 rings (SSSR count). The van der Waals surface area contributed by atoms with Crippen molar-refractivity contribution in [3.63, 3.8) is 0 Å². The van der Waals surface area contributed by atoms with Crippen molar-refractivity contribution in [3.05, 3.63) is 70.4 Å². The average Bonchev–Trinajstić information content (AvgIpc) is 2.95. The van der Waals surface area contributed by atoms with E-state index in [0.29, 0.717) is 10.1 Å². The van der Waals surface area contributed by atoms with Crippen LogP contribution in [0.4, 0.5) is 13.9 Å². The molecule has 1 heterocycles. The van der Waals surface area contributed by atoms with Crippen molar-refractivity contribution >= 4 is 39.6 Å². The summed E-state index contributed by atoms with van der Waals surface area (Å²) in [4.78, 5) is 18.1. The summed E-state index contributed by atoms with van der Waals surface area (Å²) in [5.41, 5.74) is 8.97. The van der Waals surface area contributed by atoms with Gasteiger partial charge < -0.3 is 5.73 Å². The number of aromatic nitrogens is 1. The van der Waals surface area contributed by atoms with Crippen molar-refractivity contribution in [1.29, 1.82) is 0 Å². The molecule has 1 aromatic heterocycles. The molecule has 4 nitrogen and oxygen atoms in total. The molecule has 0 radical (unpaired) electrons. The van der Waals surface area contributed by atoms with Crippen LogP contribution < -0.4 is 11.1 Å². The van der Waals surface area contributed by atoms with E-state index in [9.17, 15) is 13.6 Å². The third-order valence-corrected chi connectivity index (χ3v) is 5.90. The Labute approximate surface area is 169 Å². The van der Waals surface area contributed by atoms with Gasteiger partial charge in [-0.3, -0.25) is 10.1 Å². The van der Waals surface area contributed by atoms with Crippen LogP contribution in [0.2, 0.25) is 0 Å². The predicted molar refractivity (Wildman–Crippen MR) is 110 cm³/mol. The molecule has 28 heavy (non-hydrogen) atoms. The zero-order valence-electron chi connectivity index (χ0n) is 14.6. The van der Waals surface area contributed by atoms with Gasteiger partial charge in [0.15, 0.2) is 5.13 Å². The van der Waals surface area contributed by atoms with Crippen LogP contribution in [-0.2, 0) is 12.8 Å². The van der Waals surface area contributed by atoms with Crippen molar-refractivity contribution in [2.24, 2.45) is 5.73 Å². The molecule has 3 N–H and O–H groups in total. The number of halogens is 2. The second kappa shape index (κ2) is 7.37. The lowest BCUT2D eigenvalue weighted by Gasteiger charge is -2.11. The minimum Gasteiger partial charge on any atom is -0.389 e. The van der Waals surface area contributed by atoms with Crippen LogP contribution in [0.25, 0.3) is 10.4 Å². The molecule has 2 aromatic carbocycles. The van der Waals surface area contributed by atoms with Gasteiger partial charge >= 0.3 is 0 Å². The molecule has 142 valence electrons. The van der Waals surface area contributed by atoms with Crippen LogP contribution in [0.5, 0.6) is 0 Å². The average molecular weight is 415 g/mol. The second-order valence-electron chi connectivity index (χ2n) is 6.40. The SMILES string of the molecule is NC(=S)c1cccc2c1CCCc1nc(NC(=O)c3c(F)cccc3F)sc1-2. The van der Waals surface area contributed by atoms with Crippen molar-refractivity contribution in [2.75, 3.05) is 5.32 Å². The van der Waals surface area contributed by atoms with E-state index in [1.54, 1.807) is 0 Å². The number of hydrogen-bond donors (Lipinski definition) is 2. The van der Waals surface area contributed by atoms with E-state index in [1.807, 2.05) is 18.2 Å². The van der Waals surface area contributed by atoms with E-state index in [2.05, 4.69) is 10.3 Å². The van der Waals surface area contributed by atoms with Crippen molar-refractivity contribution in [2.45, 2.75) is 19.3 Å². The summed E-state index contributed by atoms with van der Waals surface area (Å²) < 4.78 is 27.7. The number of rotatable bonds is 3. The molecule has 0 saturated carbocycles. The van der Waals surface area contributed by atoms with Crippen LogP contribution in [0.1, 0.15) is 33.6 Å². The number of nitrogens with zero attached hydrogens (tertiary/aromatic N) is 1. The highest BCUT2D eigenvalue weighted by molar-refractivity contribution is 7.80. The van der Waals surface area contributed by atoms with Gasteiger partial charge in [0.05, 0.1) is 10.6 Å². The highest BCUT2D eigenvalue weighted by Gasteiger charge is 2.24. The maximum absolute atomic E-state index is 13.9. The summed E-state index contributed by atoms with van der Waals surface area (Å²) in [5, 5.41) is 2.82. The van der Waals surface area contributed by atoms with E-state index in [1.165, 1.54) is 17.4 Å². The number of thiocarbonyl (C=S) groups is 1. The van der Waals surface area contributed by atoms with Gasteiger partial charge in [0.25, 0.3) is 5.91 Å². The Hall–Kier alpha value is -2.71. The quantitative estimate of drug-likeness (QED) is 0.620. The third-order valence-electron chi connectivity index (χ3n) is 4.63. The Morgan fingerprint density at radius 3 is 2.57 bits per heavy atom. The number of amides is 1. The van der Waals surface area contributed by atoms with E-state index < -0.39 is 23.1 Å². The van der Waals surface area contributed by atoms with Gasteiger partial charge in [-0.25, -0.2) is 13.8 Å². The van der Waals surface area contributed by atoms with Gasteiger partial charge in [0.2, 0.25) is 0 Å². The van der Waals surface area contributed by atoms with Gasteiger partial charge in [-0.15, -0.1) is 0 Å². The van der Waals surface area contributed by atoms with Gasteiger partial charge in [-0.2, -0.15) is 0 Å². The molecule has 1 aliphatic rings. The molecule has 0 saturated heterocycles. The number of aryl methyl sites for hydroxylation is 1. The summed E-state index contributed by atoms with van der Waals surface area (Å²) >= 11 is 6.44. The Bertz CT molecular complexity index is 1090. The first-order valence-corrected chi connectivity index (χ1v) is 9.85. The molecular formula is C20H15F2N3OS2. The topological polar surface area (TPSA) is 68.0 Å². The number of hydrogen-bond acceptors (Lipinski definition) is 4.